The summed E-state index contributed by atoms with van der Waals surface area (Å²) in [6.07, 6.45) is 5.10. The van der Waals surface area contributed by atoms with Crippen LogP contribution >= 0.6 is 0 Å². The van der Waals surface area contributed by atoms with Crippen LogP contribution in [0.3, 0.4) is 0 Å². The van der Waals surface area contributed by atoms with Crippen LogP contribution in [-0.4, -0.2) is 53.3 Å². The predicted molar refractivity (Wildman–Crippen MR) is 139 cm³/mol. The van der Waals surface area contributed by atoms with Crippen LogP contribution in [0.1, 0.15) is 37.6 Å². The zero-order valence-electron chi connectivity index (χ0n) is 21.3. The molecule has 1 aliphatic carbocycles. The number of imidazole rings is 1. The molecule has 36 heavy (non-hydrogen) atoms. The van der Waals surface area contributed by atoms with Gasteiger partial charge < -0.3 is 24.3 Å². The summed E-state index contributed by atoms with van der Waals surface area (Å²) in [6.45, 7) is 6.58. The zero-order valence-corrected chi connectivity index (χ0v) is 21.3. The van der Waals surface area contributed by atoms with Crippen molar-refractivity contribution < 1.29 is 14.3 Å². The van der Waals surface area contributed by atoms with Crippen LogP contribution in [0.5, 0.6) is 11.5 Å². The van der Waals surface area contributed by atoms with E-state index < -0.39 is 0 Å². The van der Waals surface area contributed by atoms with E-state index in [9.17, 15) is 4.79 Å². The van der Waals surface area contributed by atoms with Gasteiger partial charge in [0, 0.05) is 32.5 Å². The molecule has 1 amide bonds. The van der Waals surface area contributed by atoms with Crippen LogP contribution in [0, 0.1) is 17.3 Å². The second-order valence-electron chi connectivity index (χ2n) is 11.0. The Bertz CT molecular complexity index is 1260. The summed E-state index contributed by atoms with van der Waals surface area (Å²) in [6, 6.07) is 14.5. The number of fused-ring (bicyclic) bond motifs is 2. The Morgan fingerprint density at radius 3 is 2.81 bits per heavy atom. The normalized spacial score (nSPS) is 21.1. The fourth-order valence-corrected chi connectivity index (χ4v) is 6.27. The minimum absolute atomic E-state index is 0.186. The molecule has 2 aliphatic heterocycles. The van der Waals surface area contributed by atoms with Gasteiger partial charge in [-0.05, 0) is 79.9 Å². The minimum atomic E-state index is 0.186. The molecule has 2 atom stereocenters. The Morgan fingerprint density at radius 1 is 1.17 bits per heavy atom. The molecule has 1 spiro atoms. The number of amides is 1. The Balaban J connectivity index is 0.938. The summed E-state index contributed by atoms with van der Waals surface area (Å²) in [7, 11) is 2.05. The molecule has 1 saturated carbocycles. The number of piperidine rings is 1. The number of aryl methyl sites for hydroxylation is 1. The number of benzene rings is 2. The van der Waals surface area contributed by atoms with Gasteiger partial charge in [-0.25, -0.2) is 4.98 Å². The summed E-state index contributed by atoms with van der Waals surface area (Å²) in [5.74, 6) is 3.72. The van der Waals surface area contributed by atoms with E-state index in [-0.39, 0.29) is 17.2 Å². The van der Waals surface area contributed by atoms with Crippen LogP contribution in [0.25, 0.3) is 11.0 Å². The number of para-hydroxylation sites is 2. The number of carbonyl (C=O) groups excluding carboxylic acids is 1. The van der Waals surface area contributed by atoms with E-state index in [4.69, 9.17) is 14.5 Å². The molecular weight excluding hydrogens is 452 g/mol. The summed E-state index contributed by atoms with van der Waals surface area (Å²) >= 11 is 0. The molecule has 1 N–H and O–H groups in total. The van der Waals surface area contributed by atoms with Crippen LogP contribution < -0.4 is 14.8 Å². The number of ether oxygens (including phenoxy) is 2. The molecule has 2 fully saturated rings. The number of carbonyl (C=O) groups is 1. The first-order valence-electron chi connectivity index (χ1n) is 13.3. The highest BCUT2D eigenvalue weighted by atomic mass is 16.7. The quantitative estimate of drug-likeness (QED) is 0.520. The van der Waals surface area contributed by atoms with Gasteiger partial charge >= 0.3 is 0 Å². The van der Waals surface area contributed by atoms with E-state index in [1.165, 1.54) is 5.56 Å². The lowest BCUT2D eigenvalue weighted by molar-refractivity contribution is -0.123. The van der Waals surface area contributed by atoms with Gasteiger partial charge in [-0.15, -0.1) is 0 Å². The zero-order chi connectivity index (χ0) is 24.7. The van der Waals surface area contributed by atoms with Crippen molar-refractivity contribution in [2.45, 2.75) is 39.0 Å². The lowest BCUT2D eigenvalue weighted by atomic mass is 9.89. The molecule has 3 heterocycles. The first-order valence-corrected chi connectivity index (χ1v) is 13.3. The molecular formula is C29H36N4O3. The maximum absolute atomic E-state index is 12.9. The highest BCUT2D eigenvalue weighted by Gasteiger charge is 2.58. The van der Waals surface area contributed by atoms with Crippen LogP contribution in [-0.2, 0) is 24.7 Å². The van der Waals surface area contributed by atoms with E-state index in [1.807, 2.05) is 31.3 Å². The molecule has 2 unspecified atom stereocenters. The largest absolute Gasteiger partial charge is 0.454 e. The van der Waals surface area contributed by atoms with Crippen molar-refractivity contribution in [1.82, 2.24) is 19.8 Å². The fraction of sp³-hybridized carbons (Fsp3) is 0.517. The van der Waals surface area contributed by atoms with E-state index in [1.54, 1.807) is 0 Å². The molecule has 0 radical (unpaired) electrons. The highest BCUT2D eigenvalue weighted by molar-refractivity contribution is 5.82. The van der Waals surface area contributed by atoms with Crippen LogP contribution in [0.15, 0.2) is 42.5 Å². The van der Waals surface area contributed by atoms with Crippen molar-refractivity contribution >= 4 is 16.9 Å². The Morgan fingerprint density at radius 2 is 1.97 bits per heavy atom. The monoisotopic (exact) mass is 488 g/mol. The summed E-state index contributed by atoms with van der Waals surface area (Å²) in [5, 5.41) is 3.20. The van der Waals surface area contributed by atoms with E-state index in [2.05, 4.69) is 39.9 Å². The first kappa shape index (κ1) is 23.3. The Kier molecular flexibility index (Phi) is 6.12. The molecule has 3 aromatic rings. The summed E-state index contributed by atoms with van der Waals surface area (Å²) in [4.78, 5) is 20.2. The molecule has 1 aromatic heterocycles. The number of nitrogens with one attached hydrogen (secondary N) is 1. The van der Waals surface area contributed by atoms with E-state index in [0.717, 1.165) is 80.1 Å². The smallest absolute Gasteiger partial charge is 0.231 e. The van der Waals surface area contributed by atoms with Crippen LogP contribution in [0.2, 0.25) is 0 Å². The molecule has 7 nitrogen and oxygen atoms in total. The second-order valence-corrected chi connectivity index (χ2v) is 11.0. The van der Waals surface area contributed by atoms with Crippen molar-refractivity contribution in [1.29, 1.82) is 0 Å². The molecule has 0 bridgehead atoms. The average Bonchev–Trinajstić information content (AvgIpc) is 3.21. The maximum atomic E-state index is 12.9. The molecule has 6 rings (SSSR count). The van der Waals surface area contributed by atoms with Gasteiger partial charge in [-0.1, -0.05) is 25.1 Å². The van der Waals surface area contributed by atoms with Gasteiger partial charge in [-0.3, -0.25) is 4.79 Å². The molecule has 3 aliphatic rings. The molecule has 2 aromatic carbocycles. The van der Waals surface area contributed by atoms with Crippen molar-refractivity contribution in [2.24, 2.45) is 24.3 Å². The van der Waals surface area contributed by atoms with Gasteiger partial charge in [0.05, 0.1) is 11.0 Å². The summed E-state index contributed by atoms with van der Waals surface area (Å²) < 4.78 is 13.1. The van der Waals surface area contributed by atoms with Crippen molar-refractivity contribution in [3.8, 4) is 11.5 Å². The Labute approximate surface area is 212 Å². The number of hydrogen-bond acceptors (Lipinski definition) is 5. The Hall–Kier alpha value is -3.06. The molecule has 190 valence electrons. The minimum Gasteiger partial charge on any atom is -0.454 e. The van der Waals surface area contributed by atoms with Crippen LogP contribution in [0.4, 0.5) is 0 Å². The third kappa shape index (κ3) is 4.57. The SMILES string of the molecule is CC(Cc1ccc2c(c1)OCO2)CN1CCC2(CC1)CC2C(=O)NCCc1nc2ccccc2n1C. The lowest BCUT2D eigenvalue weighted by Crippen LogP contribution is -2.39. The number of hydrogen-bond donors (Lipinski definition) is 1. The van der Waals surface area contributed by atoms with E-state index >= 15 is 0 Å². The van der Waals surface area contributed by atoms with Gasteiger partial charge in [0.25, 0.3) is 0 Å². The lowest BCUT2D eigenvalue weighted by Gasteiger charge is -2.34. The van der Waals surface area contributed by atoms with Crippen molar-refractivity contribution in [3.05, 3.63) is 53.9 Å². The fourth-order valence-electron chi connectivity index (χ4n) is 6.27. The highest BCUT2D eigenvalue weighted by Crippen LogP contribution is 2.59. The maximum Gasteiger partial charge on any atom is 0.231 e. The number of rotatable bonds is 8. The topological polar surface area (TPSA) is 68.6 Å². The van der Waals surface area contributed by atoms with Crippen molar-refractivity contribution in [2.75, 3.05) is 33.0 Å². The number of aromatic nitrogens is 2. The third-order valence-corrected chi connectivity index (χ3v) is 8.48. The molecule has 7 heteroatoms. The third-order valence-electron chi connectivity index (χ3n) is 8.48. The first-order chi connectivity index (χ1) is 17.5. The van der Waals surface area contributed by atoms with Gasteiger partial charge in [0.2, 0.25) is 12.7 Å². The standard InChI is InChI=1S/C29H36N4O3/c1-20(15-21-7-8-25-26(16-21)36-19-35-25)18-33-13-10-29(11-14-33)17-22(29)28(34)30-12-9-27-31-23-5-3-4-6-24(23)32(27)2/h3-8,16,20,22H,9-15,17-19H2,1-2H3,(H,30,34). The predicted octanol–water partition coefficient (Wildman–Crippen LogP) is 3.94. The molecule has 1 saturated heterocycles. The second kappa shape index (κ2) is 9.43. The average molecular weight is 489 g/mol. The van der Waals surface area contributed by atoms with Gasteiger partial charge in [-0.2, -0.15) is 0 Å². The summed E-state index contributed by atoms with van der Waals surface area (Å²) in [5.41, 5.74) is 3.69. The number of likely N-dealkylation sites (tertiary alicyclic amines) is 1. The van der Waals surface area contributed by atoms with E-state index in [0.29, 0.717) is 19.3 Å². The number of nitrogens with zero attached hydrogens (tertiary/aromatic N) is 3. The van der Waals surface area contributed by atoms with Gasteiger partial charge in [0.1, 0.15) is 5.82 Å². The van der Waals surface area contributed by atoms with Crippen molar-refractivity contribution in [3.63, 3.8) is 0 Å². The van der Waals surface area contributed by atoms with Gasteiger partial charge in [0.15, 0.2) is 11.5 Å².